The molecule has 0 aliphatic carbocycles. The smallest absolute Gasteiger partial charge is 0.404 e. The van der Waals surface area contributed by atoms with Gasteiger partial charge in [-0.3, -0.25) is 9.79 Å². The van der Waals surface area contributed by atoms with Crippen LogP contribution in [0.1, 0.15) is 11.1 Å². The van der Waals surface area contributed by atoms with Gasteiger partial charge < -0.3 is 4.52 Å². The van der Waals surface area contributed by atoms with Crippen LogP contribution in [0.15, 0.2) is 18.2 Å². The Morgan fingerprint density at radius 2 is 1.69 bits per heavy atom. The average molecular weight is 202 g/mol. The van der Waals surface area contributed by atoms with Gasteiger partial charge in [-0.15, -0.1) is 0 Å². The summed E-state index contributed by atoms with van der Waals surface area (Å²) in [5.74, 6) is 0.260. The normalized spacial score (nSPS) is 11.4. The molecule has 0 aliphatic heterocycles. The molecular formula is C8H11O4P. The topological polar surface area (TPSA) is 66.8 Å². The highest BCUT2D eigenvalue weighted by Crippen LogP contribution is 2.40. The van der Waals surface area contributed by atoms with E-state index in [9.17, 15) is 4.57 Å². The van der Waals surface area contributed by atoms with Gasteiger partial charge in [0.1, 0.15) is 5.75 Å². The first-order valence-electron chi connectivity index (χ1n) is 3.71. The van der Waals surface area contributed by atoms with Crippen LogP contribution in [0.25, 0.3) is 0 Å². The Balaban J connectivity index is 3.07. The molecule has 0 radical (unpaired) electrons. The van der Waals surface area contributed by atoms with E-state index in [4.69, 9.17) is 9.79 Å². The highest BCUT2D eigenvalue weighted by molar-refractivity contribution is 7.46. The Bertz CT molecular complexity index is 335. The van der Waals surface area contributed by atoms with Crippen molar-refractivity contribution in [2.45, 2.75) is 13.8 Å². The summed E-state index contributed by atoms with van der Waals surface area (Å²) in [5, 5.41) is 0. The SMILES string of the molecule is Cc1cccc(C)c1OP(=O)(O)O. The molecule has 4 nitrogen and oxygen atoms in total. The minimum absolute atomic E-state index is 0.260. The third-order valence-corrected chi connectivity index (χ3v) is 2.04. The summed E-state index contributed by atoms with van der Waals surface area (Å²) in [6.07, 6.45) is 0. The van der Waals surface area contributed by atoms with Crippen LogP contribution in [0.2, 0.25) is 0 Å². The van der Waals surface area contributed by atoms with Crippen LogP contribution in [-0.2, 0) is 4.57 Å². The van der Waals surface area contributed by atoms with Gasteiger partial charge in [-0.1, -0.05) is 18.2 Å². The molecule has 0 fully saturated rings. The largest absolute Gasteiger partial charge is 0.524 e. The van der Waals surface area contributed by atoms with Crippen LogP contribution in [0, 0.1) is 13.8 Å². The predicted molar refractivity (Wildman–Crippen MR) is 48.6 cm³/mol. The zero-order valence-corrected chi connectivity index (χ0v) is 8.28. The molecule has 0 spiro atoms. The van der Waals surface area contributed by atoms with Crippen LogP contribution < -0.4 is 4.52 Å². The lowest BCUT2D eigenvalue weighted by Crippen LogP contribution is -1.94. The summed E-state index contributed by atoms with van der Waals surface area (Å²) in [7, 11) is -4.44. The molecule has 72 valence electrons. The van der Waals surface area contributed by atoms with Gasteiger partial charge in [0.25, 0.3) is 0 Å². The van der Waals surface area contributed by atoms with E-state index in [0.717, 1.165) is 0 Å². The fourth-order valence-electron chi connectivity index (χ4n) is 1.06. The fraction of sp³-hybridized carbons (Fsp3) is 0.250. The molecule has 1 rings (SSSR count). The molecule has 0 bridgehead atoms. The summed E-state index contributed by atoms with van der Waals surface area (Å²) in [5.41, 5.74) is 1.42. The van der Waals surface area contributed by atoms with Crippen molar-refractivity contribution in [1.82, 2.24) is 0 Å². The van der Waals surface area contributed by atoms with E-state index in [1.165, 1.54) is 0 Å². The van der Waals surface area contributed by atoms with Gasteiger partial charge in [-0.05, 0) is 25.0 Å². The molecule has 1 aromatic rings. The number of para-hydroxylation sites is 1. The minimum Gasteiger partial charge on any atom is -0.404 e. The highest BCUT2D eigenvalue weighted by atomic mass is 31.2. The molecule has 5 heteroatoms. The van der Waals surface area contributed by atoms with Gasteiger partial charge in [0.05, 0.1) is 0 Å². The zero-order valence-electron chi connectivity index (χ0n) is 7.39. The van der Waals surface area contributed by atoms with Crippen molar-refractivity contribution in [3.05, 3.63) is 29.3 Å². The quantitative estimate of drug-likeness (QED) is 0.717. The molecule has 0 atom stereocenters. The Morgan fingerprint density at radius 3 is 2.08 bits per heavy atom. The van der Waals surface area contributed by atoms with Crippen LogP contribution in [0.5, 0.6) is 5.75 Å². The summed E-state index contributed by atoms with van der Waals surface area (Å²) >= 11 is 0. The molecule has 0 saturated carbocycles. The summed E-state index contributed by atoms with van der Waals surface area (Å²) in [6, 6.07) is 5.27. The molecule has 13 heavy (non-hydrogen) atoms. The number of phosphoric acid groups is 1. The van der Waals surface area contributed by atoms with Crippen molar-refractivity contribution in [2.24, 2.45) is 0 Å². The lowest BCUT2D eigenvalue weighted by Gasteiger charge is -2.11. The number of hydrogen-bond donors (Lipinski definition) is 2. The van der Waals surface area contributed by atoms with E-state index in [0.29, 0.717) is 11.1 Å². The van der Waals surface area contributed by atoms with Gasteiger partial charge in [0, 0.05) is 0 Å². The van der Waals surface area contributed by atoms with Gasteiger partial charge >= 0.3 is 7.82 Å². The molecule has 0 saturated heterocycles. The maximum atomic E-state index is 10.6. The van der Waals surface area contributed by atoms with Crippen LogP contribution in [0.4, 0.5) is 0 Å². The number of rotatable bonds is 2. The van der Waals surface area contributed by atoms with E-state index in [2.05, 4.69) is 4.52 Å². The second kappa shape index (κ2) is 3.50. The van der Waals surface area contributed by atoms with Gasteiger partial charge in [0.15, 0.2) is 0 Å². The van der Waals surface area contributed by atoms with Crippen molar-refractivity contribution < 1.29 is 18.9 Å². The maximum absolute atomic E-state index is 10.6. The van der Waals surface area contributed by atoms with Gasteiger partial charge in [-0.25, -0.2) is 4.57 Å². The van der Waals surface area contributed by atoms with Gasteiger partial charge in [-0.2, -0.15) is 0 Å². The first kappa shape index (κ1) is 10.3. The second-order valence-corrected chi connectivity index (χ2v) is 3.97. The molecule has 1 aromatic carbocycles. The molecule has 2 N–H and O–H groups in total. The molecule has 0 unspecified atom stereocenters. The third-order valence-electron chi connectivity index (χ3n) is 1.62. The van der Waals surface area contributed by atoms with Crippen molar-refractivity contribution in [3.8, 4) is 5.75 Å². The Kier molecular flexibility index (Phi) is 2.76. The molecular weight excluding hydrogens is 191 g/mol. The number of hydrogen-bond acceptors (Lipinski definition) is 2. The van der Waals surface area contributed by atoms with E-state index < -0.39 is 7.82 Å². The highest BCUT2D eigenvalue weighted by Gasteiger charge is 2.18. The lowest BCUT2D eigenvalue weighted by molar-refractivity contribution is 0.282. The van der Waals surface area contributed by atoms with Crippen molar-refractivity contribution in [2.75, 3.05) is 0 Å². The maximum Gasteiger partial charge on any atom is 0.524 e. The monoisotopic (exact) mass is 202 g/mol. The second-order valence-electron chi connectivity index (χ2n) is 2.80. The Labute approximate surface area is 76.4 Å². The Morgan fingerprint density at radius 1 is 1.23 bits per heavy atom. The van der Waals surface area contributed by atoms with E-state index in [1.807, 2.05) is 0 Å². The average Bonchev–Trinajstić information content (AvgIpc) is 1.95. The van der Waals surface area contributed by atoms with Gasteiger partial charge in [0.2, 0.25) is 0 Å². The van der Waals surface area contributed by atoms with Crippen LogP contribution >= 0.6 is 7.82 Å². The third kappa shape index (κ3) is 2.84. The molecule has 0 amide bonds. The predicted octanol–water partition coefficient (Wildman–Crippen LogP) is 1.77. The molecule has 0 aromatic heterocycles. The van der Waals surface area contributed by atoms with Crippen LogP contribution in [-0.4, -0.2) is 9.79 Å². The first-order valence-corrected chi connectivity index (χ1v) is 5.24. The molecule has 0 heterocycles. The van der Waals surface area contributed by atoms with Crippen molar-refractivity contribution in [1.29, 1.82) is 0 Å². The minimum atomic E-state index is -4.44. The fourth-order valence-corrected chi connectivity index (χ4v) is 1.59. The van der Waals surface area contributed by atoms with E-state index >= 15 is 0 Å². The zero-order chi connectivity index (χ0) is 10.1. The first-order chi connectivity index (χ1) is 5.90. The summed E-state index contributed by atoms with van der Waals surface area (Å²) in [4.78, 5) is 17.2. The molecule has 0 aliphatic rings. The van der Waals surface area contributed by atoms with Crippen LogP contribution in [0.3, 0.4) is 0 Å². The van der Waals surface area contributed by atoms with Crippen molar-refractivity contribution in [3.63, 3.8) is 0 Å². The number of phosphoric ester groups is 1. The van der Waals surface area contributed by atoms with E-state index in [1.54, 1.807) is 32.0 Å². The lowest BCUT2D eigenvalue weighted by atomic mass is 10.1. The summed E-state index contributed by atoms with van der Waals surface area (Å²) in [6.45, 7) is 3.47. The Hall–Kier alpha value is -0.830. The van der Waals surface area contributed by atoms with E-state index in [-0.39, 0.29) is 5.75 Å². The summed E-state index contributed by atoms with van der Waals surface area (Å²) < 4.78 is 15.1. The number of aryl methyl sites for hydroxylation is 2. The van der Waals surface area contributed by atoms with Crippen molar-refractivity contribution >= 4 is 7.82 Å². The number of benzene rings is 1. The standard InChI is InChI=1S/C8H11O4P/c1-6-4-3-5-7(2)8(6)12-13(9,10)11/h3-5H,1-2H3,(H2,9,10,11).